The number of rotatable bonds is 7. The molecule has 0 N–H and O–H groups in total. The number of aromatic nitrogens is 1. The highest BCUT2D eigenvalue weighted by Gasteiger charge is 2.50. The Kier molecular flexibility index (Phi) is 7.48. The second-order valence-corrected chi connectivity index (χ2v) is 10.3. The van der Waals surface area contributed by atoms with Crippen molar-refractivity contribution in [3.05, 3.63) is 60.2 Å². The van der Waals surface area contributed by atoms with Crippen LogP contribution in [0.2, 0.25) is 0 Å². The molecule has 0 bridgehead atoms. The van der Waals surface area contributed by atoms with Crippen LogP contribution < -0.4 is 0 Å². The fourth-order valence-electron chi connectivity index (χ4n) is 7.28. The van der Waals surface area contributed by atoms with Gasteiger partial charge in [-0.05, 0) is 78.2 Å². The lowest BCUT2D eigenvalue weighted by atomic mass is 9.49. The molecular weight excluding hydrogens is 393 g/mol. The van der Waals surface area contributed by atoms with Crippen molar-refractivity contribution >= 4 is 6.08 Å². The van der Waals surface area contributed by atoms with E-state index in [1.54, 1.807) is 12.1 Å². The first-order valence-corrected chi connectivity index (χ1v) is 13.0. The lowest BCUT2D eigenvalue weighted by Gasteiger charge is -2.55. The van der Waals surface area contributed by atoms with Crippen LogP contribution in [0.3, 0.4) is 0 Å². The Bertz CT molecular complexity index is 901. The molecule has 2 heteroatoms. The van der Waals surface area contributed by atoms with Crippen LogP contribution in [-0.2, 0) is 0 Å². The topological polar surface area (TPSA) is 12.9 Å². The second-order valence-electron chi connectivity index (χ2n) is 10.3. The Morgan fingerprint density at radius 3 is 2.59 bits per heavy atom. The molecule has 0 radical (unpaired) electrons. The van der Waals surface area contributed by atoms with Crippen molar-refractivity contribution in [1.29, 1.82) is 0 Å². The summed E-state index contributed by atoms with van der Waals surface area (Å²) in [4.78, 5) is 4.71. The number of fused-ring (bicyclic) bond motifs is 1. The molecule has 32 heavy (non-hydrogen) atoms. The van der Waals surface area contributed by atoms with E-state index in [-0.39, 0.29) is 5.82 Å². The largest absolute Gasteiger partial charge is 0.256 e. The van der Waals surface area contributed by atoms with Crippen LogP contribution in [0.5, 0.6) is 0 Å². The highest BCUT2D eigenvalue weighted by molar-refractivity contribution is 5.63. The Labute approximate surface area is 194 Å². The van der Waals surface area contributed by atoms with Gasteiger partial charge in [0.2, 0.25) is 0 Å². The maximum absolute atomic E-state index is 13.6. The average Bonchev–Trinajstić information content (AvgIpc) is 2.82. The van der Waals surface area contributed by atoms with Crippen LogP contribution in [-0.4, -0.2) is 4.98 Å². The molecule has 0 amide bonds. The number of halogens is 1. The van der Waals surface area contributed by atoms with Gasteiger partial charge in [-0.25, -0.2) is 4.39 Å². The zero-order chi connectivity index (χ0) is 22.6. The Balaban J connectivity index is 1.59. The molecule has 1 aromatic heterocycles. The zero-order valence-corrected chi connectivity index (χ0v) is 20.2. The third-order valence-electron chi connectivity index (χ3n) is 8.71. The number of pyridine rings is 1. The SMILES string of the molecule is CCCC1(CC)C[C@@H]2CCCCC2C(/C=C/c2ccc(-c3cccc(F)c3)cn2)C1CC. The Morgan fingerprint density at radius 1 is 1.06 bits per heavy atom. The van der Waals surface area contributed by atoms with E-state index < -0.39 is 0 Å². The maximum Gasteiger partial charge on any atom is 0.123 e. The van der Waals surface area contributed by atoms with E-state index in [1.807, 2.05) is 12.3 Å². The number of allylic oxidation sites excluding steroid dienone is 1. The molecule has 4 rings (SSSR count). The van der Waals surface area contributed by atoms with Crippen molar-refractivity contribution in [3.8, 4) is 11.1 Å². The molecule has 0 spiro atoms. The van der Waals surface area contributed by atoms with Gasteiger partial charge in [0.25, 0.3) is 0 Å². The van der Waals surface area contributed by atoms with E-state index in [4.69, 9.17) is 4.98 Å². The van der Waals surface area contributed by atoms with Gasteiger partial charge in [-0.1, -0.05) is 83.6 Å². The summed E-state index contributed by atoms with van der Waals surface area (Å²) in [5.41, 5.74) is 3.36. The molecule has 4 unspecified atom stereocenters. The van der Waals surface area contributed by atoms with Crippen molar-refractivity contribution in [1.82, 2.24) is 4.98 Å². The number of nitrogens with zero attached hydrogens (tertiary/aromatic N) is 1. The van der Waals surface area contributed by atoms with Crippen molar-refractivity contribution < 1.29 is 4.39 Å². The third-order valence-corrected chi connectivity index (χ3v) is 8.71. The molecule has 1 aromatic carbocycles. The molecule has 2 aliphatic carbocycles. The van der Waals surface area contributed by atoms with Crippen LogP contribution in [0.4, 0.5) is 4.39 Å². The predicted molar refractivity (Wildman–Crippen MR) is 134 cm³/mol. The van der Waals surface area contributed by atoms with Gasteiger partial charge in [-0.3, -0.25) is 4.98 Å². The lowest BCUT2D eigenvalue weighted by Crippen LogP contribution is -2.47. The van der Waals surface area contributed by atoms with Crippen LogP contribution in [0.25, 0.3) is 17.2 Å². The van der Waals surface area contributed by atoms with E-state index in [0.29, 0.717) is 11.3 Å². The molecule has 172 valence electrons. The molecule has 1 heterocycles. The summed E-state index contributed by atoms with van der Waals surface area (Å²) in [5, 5.41) is 0. The van der Waals surface area contributed by atoms with Crippen molar-refractivity contribution in [2.45, 2.75) is 78.6 Å². The van der Waals surface area contributed by atoms with Gasteiger partial charge in [0.15, 0.2) is 0 Å². The first kappa shape index (κ1) is 23.2. The first-order chi connectivity index (χ1) is 15.6. The fraction of sp³-hybridized carbons (Fsp3) is 0.567. The Hall–Kier alpha value is -1.96. The first-order valence-electron chi connectivity index (χ1n) is 13.0. The highest BCUT2D eigenvalue weighted by atomic mass is 19.1. The highest BCUT2D eigenvalue weighted by Crippen LogP contribution is 2.58. The number of hydrogen-bond acceptors (Lipinski definition) is 1. The molecule has 5 atom stereocenters. The smallest absolute Gasteiger partial charge is 0.123 e. The summed E-state index contributed by atoms with van der Waals surface area (Å²) in [7, 11) is 0. The predicted octanol–water partition coefficient (Wildman–Crippen LogP) is 8.95. The average molecular weight is 434 g/mol. The zero-order valence-electron chi connectivity index (χ0n) is 20.2. The van der Waals surface area contributed by atoms with E-state index >= 15 is 0 Å². The van der Waals surface area contributed by atoms with Crippen LogP contribution in [0.15, 0.2) is 48.7 Å². The van der Waals surface area contributed by atoms with E-state index in [0.717, 1.165) is 34.6 Å². The number of hydrogen-bond donors (Lipinski definition) is 0. The summed E-state index contributed by atoms with van der Waals surface area (Å²) in [5.74, 6) is 2.97. The second kappa shape index (κ2) is 10.3. The van der Waals surface area contributed by atoms with Crippen molar-refractivity contribution in [2.75, 3.05) is 0 Å². The van der Waals surface area contributed by atoms with E-state index in [1.165, 1.54) is 63.9 Å². The summed E-state index contributed by atoms with van der Waals surface area (Å²) in [6.07, 6.45) is 19.0. The van der Waals surface area contributed by atoms with Crippen LogP contribution in [0, 0.1) is 34.9 Å². The lowest BCUT2D eigenvalue weighted by molar-refractivity contribution is -0.0460. The third kappa shape index (κ3) is 4.70. The molecule has 2 aliphatic rings. The summed E-state index contributed by atoms with van der Waals surface area (Å²) in [6.45, 7) is 7.22. The number of benzene rings is 1. The molecule has 1 nitrogen and oxygen atoms in total. The molecular formula is C30H40FN. The van der Waals surface area contributed by atoms with Crippen molar-refractivity contribution in [3.63, 3.8) is 0 Å². The summed E-state index contributed by atoms with van der Waals surface area (Å²) < 4.78 is 13.6. The monoisotopic (exact) mass is 433 g/mol. The van der Waals surface area contributed by atoms with Gasteiger partial charge in [-0.15, -0.1) is 0 Å². The van der Waals surface area contributed by atoms with Gasteiger partial charge < -0.3 is 0 Å². The van der Waals surface area contributed by atoms with Gasteiger partial charge in [-0.2, -0.15) is 0 Å². The molecule has 2 saturated carbocycles. The van der Waals surface area contributed by atoms with E-state index in [9.17, 15) is 4.39 Å². The Morgan fingerprint density at radius 2 is 1.91 bits per heavy atom. The standard InChI is InChI=1S/C30H40FN/c1-4-18-30(6-3)20-23-10-7-8-13-27(23)28(29(30)5-2)17-16-26-15-14-24(21-32-26)22-11-9-12-25(31)19-22/h9,11-12,14-17,19,21,23,27-29H,4-8,10,13,18,20H2,1-3H3/b17-16+/t23-,27?,28?,29?,30?/m0/s1. The van der Waals surface area contributed by atoms with E-state index in [2.05, 4.69) is 45.1 Å². The van der Waals surface area contributed by atoms with Crippen molar-refractivity contribution in [2.24, 2.45) is 29.1 Å². The summed E-state index contributed by atoms with van der Waals surface area (Å²) in [6, 6.07) is 10.9. The minimum atomic E-state index is -0.206. The van der Waals surface area contributed by atoms with Crippen LogP contribution >= 0.6 is 0 Å². The van der Waals surface area contributed by atoms with Gasteiger partial charge in [0.1, 0.15) is 5.82 Å². The normalized spacial score (nSPS) is 30.4. The maximum atomic E-state index is 13.6. The minimum Gasteiger partial charge on any atom is -0.256 e. The van der Waals surface area contributed by atoms with Gasteiger partial charge >= 0.3 is 0 Å². The molecule has 0 saturated heterocycles. The molecule has 2 fully saturated rings. The minimum absolute atomic E-state index is 0.206. The fourth-order valence-corrected chi connectivity index (χ4v) is 7.28. The quantitative estimate of drug-likeness (QED) is 0.424. The van der Waals surface area contributed by atoms with Crippen LogP contribution in [0.1, 0.15) is 84.3 Å². The van der Waals surface area contributed by atoms with Gasteiger partial charge in [0.05, 0.1) is 5.69 Å². The summed E-state index contributed by atoms with van der Waals surface area (Å²) >= 11 is 0. The molecule has 0 aliphatic heterocycles. The molecule has 2 aromatic rings. The van der Waals surface area contributed by atoms with Gasteiger partial charge in [0, 0.05) is 11.8 Å².